The molecule has 1 saturated heterocycles. The molecule has 0 atom stereocenters. The van der Waals surface area contributed by atoms with Crippen LogP contribution in [-0.4, -0.2) is 87.9 Å². The number of nitrogens with one attached hydrogen (secondary N) is 2. The summed E-state index contributed by atoms with van der Waals surface area (Å²) in [6.45, 7) is 10.1. The van der Waals surface area contributed by atoms with E-state index in [9.17, 15) is 0 Å². The van der Waals surface area contributed by atoms with E-state index in [2.05, 4.69) is 39.4 Å². The third-order valence-electron chi connectivity index (χ3n) is 5.60. The summed E-state index contributed by atoms with van der Waals surface area (Å²) < 4.78 is 5.57. The SMILES string of the molecule is CCN(C)CCNC(=NC)NCC1(N2CCOCC2)CCCCC1.I. The molecule has 7 heteroatoms. The van der Waals surface area contributed by atoms with Gasteiger partial charge in [-0.25, -0.2) is 0 Å². The lowest BCUT2D eigenvalue weighted by Crippen LogP contribution is -2.60. The highest BCUT2D eigenvalue weighted by Gasteiger charge is 2.38. The zero-order chi connectivity index (χ0) is 17.3. The Balaban J connectivity index is 0.00000312. The second kappa shape index (κ2) is 12.3. The van der Waals surface area contributed by atoms with Gasteiger partial charge in [0.1, 0.15) is 0 Å². The first-order chi connectivity index (χ1) is 11.7. The maximum atomic E-state index is 5.57. The van der Waals surface area contributed by atoms with E-state index in [1.165, 1.54) is 32.1 Å². The molecular formula is C18H38IN5O. The van der Waals surface area contributed by atoms with E-state index >= 15 is 0 Å². The number of nitrogens with zero attached hydrogens (tertiary/aromatic N) is 3. The fraction of sp³-hybridized carbons (Fsp3) is 0.944. The van der Waals surface area contributed by atoms with Crippen molar-refractivity contribution in [1.82, 2.24) is 20.4 Å². The molecule has 1 aliphatic carbocycles. The maximum Gasteiger partial charge on any atom is 0.191 e. The van der Waals surface area contributed by atoms with E-state index in [0.29, 0.717) is 0 Å². The molecule has 0 radical (unpaired) electrons. The lowest BCUT2D eigenvalue weighted by molar-refractivity contribution is -0.0352. The minimum Gasteiger partial charge on any atom is -0.379 e. The first kappa shape index (κ1) is 22.9. The highest BCUT2D eigenvalue weighted by Crippen LogP contribution is 2.33. The number of ether oxygens (including phenoxy) is 1. The predicted molar refractivity (Wildman–Crippen MR) is 116 cm³/mol. The summed E-state index contributed by atoms with van der Waals surface area (Å²) in [6, 6.07) is 0. The molecule has 1 saturated carbocycles. The predicted octanol–water partition coefficient (Wildman–Crippen LogP) is 1.76. The zero-order valence-electron chi connectivity index (χ0n) is 16.4. The Hall–Kier alpha value is -0.120. The zero-order valence-corrected chi connectivity index (χ0v) is 18.7. The lowest BCUT2D eigenvalue weighted by Gasteiger charge is -2.48. The molecule has 2 N–H and O–H groups in total. The van der Waals surface area contributed by atoms with Crippen LogP contribution in [0.5, 0.6) is 0 Å². The second-order valence-electron chi connectivity index (χ2n) is 7.13. The summed E-state index contributed by atoms with van der Waals surface area (Å²) in [4.78, 5) is 9.37. The molecule has 0 bridgehead atoms. The van der Waals surface area contributed by atoms with Crippen LogP contribution in [0.2, 0.25) is 0 Å². The fourth-order valence-corrected chi connectivity index (χ4v) is 3.84. The third kappa shape index (κ3) is 7.19. The number of morpholine rings is 1. The van der Waals surface area contributed by atoms with Crippen molar-refractivity contribution >= 4 is 29.9 Å². The molecule has 0 amide bonds. The minimum absolute atomic E-state index is 0. The molecule has 2 aliphatic rings. The van der Waals surface area contributed by atoms with E-state index in [4.69, 9.17) is 4.74 Å². The summed E-state index contributed by atoms with van der Waals surface area (Å²) >= 11 is 0. The van der Waals surface area contributed by atoms with E-state index in [1.807, 2.05) is 7.05 Å². The van der Waals surface area contributed by atoms with E-state index in [-0.39, 0.29) is 29.5 Å². The molecule has 0 aromatic heterocycles. The fourth-order valence-electron chi connectivity index (χ4n) is 3.84. The normalized spacial score (nSPS) is 21.7. The number of likely N-dealkylation sites (N-methyl/N-ethyl adjacent to an activating group) is 1. The molecule has 2 fully saturated rings. The summed E-state index contributed by atoms with van der Waals surface area (Å²) in [7, 11) is 4.01. The van der Waals surface area contributed by atoms with Gasteiger partial charge in [0.15, 0.2) is 5.96 Å². The molecule has 25 heavy (non-hydrogen) atoms. The van der Waals surface area contributed by atoms with E-state index in [1.54, 1.807) is 0 Å². The monoisotopic (exact) mass is 467 g/mol. The molecular weight excluding hydrogens is 429 g/mol. The van der Waals surface area contributed by atoms with E-state index < -0.39 is 0 Å². The molecule has 0 spiro atoms. The average molecular weight is 467 g/mol. The summed E-state index contributed by atoms with van der Waals surface area (Å²) in [5.74, 6) is 0.928. The van der Waals surface area contributed by atoms with Crippen LogP contribution >= 0.6 is 24.0 Å². The van der Waals surface area contributed by atoms with Crippen LogP contribution in [0.4, 0.5) is 0 Å². The van der Waals surface area contributed by atoms with Crippen molar-refractivity contribution < 1.29 is 4.74 Å². The van der Waals surface area contributed by atoms with Crippen LogP contribution in [0.1, 0.15) is 39.0 Å². The summed E-state index contributed by atoms with van der Waals surface area (Å²) in [5.41, 5.74) is 0.278. The highest BCUT2D eigenvalue weighted by molar-refractivity contribution is 14.0. The van der Waals surface area contributed by atoms with Crippen LogP contribution < -0.4 is 10.6 Å². The van der Waals surface area contributed by atoms with Gasteiger partial charge in [-0.2, -0.15) is 0 Å². The van der Waals surface area contributed by atoms with Gasteiger partial charge in [-0.05, 0) is 26.4 Å². The van der Waals surface area contributed by atoms with Gasteiger partial charge in [0, 0.05) is 45.3 Å². The number of rotatable bonds is 7. The van der Waals surface area contributed by atoms with Gasteiger partial charge in [0.2, 0.25) is 0 Å². The van der Waals surface area contributed by atoms with Gasteiger partial charge in [-0.1, -0.05) is 26.2 Å². The first-order valence-corrected chi connectivity index (χ1v) is 9.66. The Kier molecular flexibility index (Phi) is 11.3. The number of hydrogen-bond donors (Lipinski definition) is 2. The van der Waals surface area contributed by atoms with Crippen LogP contribution in [0, 0.1) is 0 Å². The van der Waals surface area contributed by atoms with Gasteiger partial charge in [0.05, 0.1) is 13.2 Å². The smallest absolute Gasteiger partial charge is 0.191 e. The van der Waals surface area contributed by atoms with Crippen molar-refractivity contribution in [3.05, 3.63) is 0 Å². The molecule has 0 aromatic carbocycles. The quantitative estimate of drug-likeness (QED) is 0.340. The lowest BCUT2D eigenvalue weighted by atomic mass is 9.80. The number of guanidine groups is 1. The molecule has 2 rings (SSSR count). The van der Waals surface area contributed by atoms with Crippen LogP contribution in [0.25, 0.3) is 0 Å². The Morgan fingerprint density at radius 3 is 2.44 bits per heavy atom. The van der Waals surface area contributed by atoms with Gasteiger partial charge >= 0.3 is 0 Å². The van der Waals surface area contributed by atoms with Crippen molar-refractivity contribution in [3.8, 4) is 0 Å². The topological polar surface area (TPSA) is 52.1 Å². The van der Waals surface area contributed by atoms with E-state index in [0.717, 1.165) is 58.4 Å². The van der Waals surface area contributed by atoms with Crippen LogP contribution in [0.3, 0.4) is 0 Å². The van der Waals surface area contributed by atoms with Crippen molar-refractivity contribution in [2.45, 2.75) is 44.6 Å². The van der Waals surface area contributed by atoms with Crippen molar-refractivity contribution in [2.75, 3.05) is 66.6 Å². The minimum atomic E-state index is 0. The molecule has 148 valence electrons. The molecule has 6 nitrogen and oxygen atoms in total. The third-order valence-corrected chi connectivity index (χ3v) is 5.60. The van der Waals surface area contributed by atoms with Gasteiger partial charge in [0.25, 0.3) is 0 Å². The summed E-state index contributed by atoms with van der Waals surface area (Å²) in [5, 5.41) is 7.06. The van der Waals surface area contributed by atoms with Crippen molar-refractivity contribution in [3.63, 3.8) is 0 Å². The number of aliphatic imine (C=N–C) groups is 1. The Bertz CT molecular complexity index is 382. The number of hydrogen-bond acceptors (Lipinski definition) is 4. The largest absolute Gasteiger partial charge is 0.379 e. The Morgan fingerprint density at radius 1 is 1.16 bits per heavy atom. The molecule has 0 aromatic rings. The standard InChI is InChI=1S/C18H37N5O.HI/c1-4-22(3)11-10-20-17(19-2)21-16-18(8-6-5-7-9-18)23-12-14-24-15-13-23;/h4-16H2,1-3H3,(H2,19,20,21);1H. The van der Waals surface area contributed by atoms with Gasteiger partial charge in [-0.3, -0.25) is 9.89 Å². The second-order valence-corrected chi connectivity index (χ2v) is 7.13. The van der Waals surface area contributed by atoms with Gasteiger partial charge in [-0.15, -0.1) is 24.0 Å². The molecule has 1 aliphatic heterocycles. The van der Waals surface area contributed by atoms with Crippen molar-refractivity contribution in [2.24, 2.45) is 4.99 Å². The summed E-state index contributed by atoms with van der Waals surface area (Å²) in [6.07, 6.45) is 6.63. The van der Waals surface area contributed by atoms with Gasteiger partial charge < -0.3 is 20.3 Å². The molecule has 0 unspecified atom stereocenters. The van der Waals surface area contributed by atoms with Crippen LogP contribution in [0.15, 0.2) is 4.99 Å². The van der Waals surface area contributed by atoms with Crippen LogP contribution in [-0.2, 0) is 4.74 Å². The Morgan fingerprint density at radius 2 is 1.84 bits per heavy atom. The first-order valence-electron chi connectivity index (χ1n) is 9.66. The highest BCUT2D eigenvalue weighted by atomic mass is 127. The molecule has 1 heterocycles. The number of halogens is 1. The maximum absolute atomic E-state index is 5.57. The average Bonchev–Trinajstić information content (AvgIpc) is 2.65. The van der Waals surface area contributed by atoms with Crippen molar-refractivity contribution in [1.29, 1.82) is 0 Å². The Labute approximate surface area is 171 Å².